The minimum Gasteiger partial charge on any atom is -0.367 e. The number of nitrogens with one attached hydrogen (secondary N) is 1. The third kappa shape index (κ3) is 4.19. The Morgan fingerprint density at radius 2 is 2.14 bits per heavy atom. The molecule has 0 amide bonds. The first-order valence-electron chi connectivity index (χ1n) is 9.90. The third-order valence-corrected chi connectivity index (χ3v) is 6.37. The highest BCUT2D eigenvalue weighted by molar-refractivity contribution is 9.10. The zero-order valence-electron chi connectivity index (χ0n) is 16.0. The van der Waals surface area contributed by atoms with Crippen molar-refractivity contribution in [3.63, 3.8) is 0 Å². The van der Waals surface area contributed by atoms with Crippen LogP contribution in [0.15, 0.2) is 41.3 Å². The summed E-state index contributed by atoms with van der Waals surface area (Å²) in [5, 5.41) is 4.19. The second kappa shape index (κ2) is 8.80. The van der Waals surface area contributed by atoms with E-state index in [1.807, 2.05) is 34.9 Å². The molecule has 1 saturated heterocycles. The predicted octanol–water partition coefficient (Wildman–Crippen LogP) is 5.49. The summed E-state index contributed by atoms with van der Waals surface area (Å²) in [6.45, 7) is 5.54. The van der Waals surface area contributed by atoms with Crippen LogP contribution in [0.25, 0.3) is 16.9 Å². The van der Waals surface area contributed by atoms with Gasteiger partial charge in [0, 0.05) is 30.9 Å². The predicted molar refractivity (Wildman–Crippen MR) is 119 cm³/mol. The van der Waals surface area contributed by atoms with Crippen molar-refractivity contribution in [2.24, 2.45) is 0 Å². The molecule has 7 heteroatoms. The van der Waals surface area contributed by atoms with Crippen LogP contribution in [-0.4, -0.2) is 44.9 Å². The molecule has 2 aromatic heterocycles. The second-order valence-electron chi connectivity index (χ2n) is 7.39. The van der Waals surface area contributed by atoms with E-state index in [2.05, 4.69) is 38.1 Å². The molecule has 5 nitrogen and oxygen atoms in total. The van der Waals surface area contributed by atoms with Crippen molar-refractivity contribution in [2.45, 2.75) is 38.6 Å². The maximum absolute atomic E-state index is 6.40. The van der Waals surface area contributed by atoms with E-state index >= 15 is 0 Å². The van der Waals surface area contributed by atoms with E-state index in [1.165, 1.54) is 25.8 Å². The average molecular weight is 463 g/mol. The van der Waals surface area contributed by atoms with Crippen LogP contribution >= 0.6 is 27.5 Å². The number of imidazole rings is 1. The molecule has 1 fully saturated rings. The fraction of sp³-hybridized carbons (Fsp3) is 0.429. The first-order valence-corrected chi connectivity index (χ1v) is 11.1. The van der Waals surface area contributed by atoms with Crippen LogP contribution in [0.3, 0.4) is 0 Å². The maximum Gasteiger partial charge on any atom is 0.181 e. The quantitative estimate of drug-likeness (QED) is 0.492. The van der Waals surface area contributed by atoms with Crippen molar-refractivity contribution in [1.29, 1.82) is 0 Å². The van der Waals surface area contributed by atoms with Crippen molar-refractivity contribution in [3.8, 4) is 11.3 Å². The average Bonchev–Trinajstić information content (AvgIpc) is 3.08. The molecule has 148 valence electrons. The van der Waals surface area contributed by atoms with Crippen molar-refractivity contribution in [2.75, 3.05) is 25.0 Å². The molecule has 0 saturated carbocycles. The van der Waals surface area contributed by atoms with Gasteiger partial charge >= 0.3 is 0 Å². The van der Waals surface area contributed by atoms with Gasteiger partial charge in [0.15, 0.2) is 11.5 Å². The lowest BCUT2D eigenvalue weighted by Gasteiger charge is -2.33. The minimum absolute atomic E-state index is 0.690. The molecule has 28 heavy (non-hydrogen) atoms. The highest BCUT2D eigenvalue weighted by Gasteiger charge is 2.17. The fourth-order valence-corrected chi connectivity index (χ4v) is 4.46. The Hall–Kier alpha value is -1.63. The first kappa shape index (κ1) is 19.7. The number of benzene rings is 1. The molecule has 0 spiro atoms. The largest absolute Gasteiger partial charge is 0.367 e. The van der Waals surface area contributed by atoms with Crippen molar-refractivity contribution < 1.29 is 0 Å². The molecule has 1 atom stereocenters. The van der Waals surface area contributed by atoms with Gasteiger partial charge in [0.2, 0.25) is 0 Å². The molecular weight excluding hydrogens is 438 g/mol. The van der Waals surface area contributed by atoms with Crippen LogP contribution < -0.4 is 5.32 Å². The lowest BCUT2D eigenvalue weighted by atomic mass is 10.0. The standard InChI is InChI=1S/C21H25BrClN5/c1-15-7-4-5-11-27(15)12-6-10-24-20-21-25-13-19(22)28(21)14-18(26-20)16-8-2-3-9-17(16)23/h2-3,8-9,13-15H,4-7,10-12H2,1H3,(H,24,26). The number of hydrogen-bond acceptors (Lipinski definition) is 4. The van der Waals surface area contributed by atoms with Crippen molar-refractivity contribution in [3.05, 3.63) is 46.3 Å². The molecule has 1 aromatic carbocycles. The summed E-state index contributed by atoms with van der Waals surface area (Å²) in [6, 6.07) is 8.48. The van der Waals surface area contributed by atoms with Gasteiger partial charge in [0.25, 0.3) is 0 Å². The topological polar surface area (TPSA) is 45.5 Å². The Kier molecular flexibility index (Phi) is 6.19. The monoisotopic (exact) mass is 461 g/mol. The van der Waals surface area contributed by atoms with Gasteiger partial charge in [-0.05, 0) is 54.7 Å². The fourth-order valence-electron chi connectivity index (χ4n) is 3.86. The van der Waals surface area contributed by atoms with Gasteiger partial charge in [0.1, 0.15) is 4.60 Å². The summed E-state index contributed by atoms with van der Waals surface area (Å²) in [4.78, 5) is 11.9. The van der Waals surface area contributed by atoms with Crippen molar-refractivity contribution >= 4 is 39.0 Å². The van der Waals surface area contributed by atoms with Crippen LogP contribution in [0.4, 0.5) is 5.82 Å². The van der Waals surface area contributed by atoms with E-state index < -0.39 is 0 Å². The molecule has 1 unspecified atom stereocenters. The Morgan fingerprint density at radius 1 is 1.29 bits per heavy atom. The SMILES string of the molecule is CC1CCCCN1CCCNc1nc(-c2ccccc2Cl)cn2c(Br)cnc12. The molecule has 1 aliphatic rings. The van der Waals surface area contributed by atoms with Gasteiger partial charge in [-0.2, -0.15) is 0 Å². The summed E-state index contributed by atoms with van der Waals surface area (Å²) in [6.07, 6.45) is 8.85. The smallest absolute Gasteiger partial charge is 0.181 e. The Morgan fingerprint density at radius 3 is 2.96 bits per heavy atom. The molecular formula is C21H25BrClN5. The van der Waals surface area contributed by atoms with Gasteiger partial charge in [-0.3, -0.25) is 4.40 Å². The Bertz CT molecular complexity index is 957. The molecule has 3 aromatic rings. The van der Waals surface area contributed by atoms with E-state index in [0.29, 0.717) is 11.1 Å². The molecule has 1 aliphatic heterocycles. The zero-order valence-corrected chi connectivity index (χ0v) is 18.4. The van der Waals surface area contributed by atoms with Crippen LogP contribution in [0, 0.1) is 0 Å². The summed E-state index contributed by atoms with van der Waals surface area (Å²) in [5.41, 5.74) is 2.55. The lowest BCUT2D eigenvalue weighted by Crippen LogP contribution is -2.38. The van der Waals surface area contributed by atoms with E-state index in [1.54, 1.807) is 6.20 Å². The number of piperidine rings is 1. The molecule has 3 heterocycles. The maximum atomic E-state index is 6.40. The van der Waals surface area contributed by atoms with Crippen LogP contribution in [0.5, 0.6) is 0 Å². The third-order valence-electron chi connectivity index (χ3n) is 5.45. The van der Waals surface area contributed by atoms with Gasteiger partial charge in [-0.1, -0.05) is 36.2 Å². The summed E-state index contributed by atoms with van der Waals surface area (Å²) in [5.74, 6) is 0.787. The number of rotatable bonds is 6. The number of aromatic nitrogens is 3. The molecule has 0 bridgehead atoms. The van der Waals surface area contributed by atoms with Gasteiger partial charge in [-0.25, -0.2) is 9.97 Å². The number of hydrogen-bond donors (Lipinski definition) is 1. The lowest BCUT2D eigenvalue weighted by molar-refractivity contribution is 0.160. The van der Waals surface area contributed by atoms with Crippen LogP contribution in [0.2, 0.25) is 5.02 Å². The summed E-state index contributed by atoms with van der Waals surface area (Å²) >= 11 is 9.97. The summed E-state index contributed by atoms with van der Waals surface area (Å²) < 4.78 is 2.89. The van der Waals surface area contributed by atoms with E-state index in [9.17, 15) is 0 Å². The number of nitrogens with zero attached hydrogens (tertiary/aromatic N) is 4. The number of likely N-dealkylation sites (tertiary alicyclic amines) is 1. The van der Waals surface area contributed by atoms with Gasteiger partial charge in [0.05, 0.1) is 16.9 Å². The number of halogens is 2. The minimum atomic E-state index is 0.690. The van der Waals surface area contributed by atoms with Crippen LogP contribution in [0.1, 0.15) is 32.6 Å². The molecule has 0 aliphatic carbocycles. The van der Waals surface area contributed by atoms with E-state index in [-0.39, 0.29) is 0 Å². The molecule has 4 rings (SSSR count). The summed E-state index contributed by atoms with van der Waals surface area (Å²) in [7, 11) is 0. The highest BCUT2D eigenvalue weighted by Crippen LogP contribution is 2.29. The second-order valence-corrected chi connectivity index (χ2v) is 8.61. The first-order chi connectivity index (χ1) is 13.6. The van der Waals surface area contributed by atoms with Crippen molar-refractivity contribution in [1.82, 2.24) is 19.3 Å². The highest BCUT2D eigenvalue weighted by atomic mass is 79.9. The molecule has 0 radical (unpaired) electrons. The van der Waals surface area contributed by atoms with Gasteiger partial charge < -0.3 is 10.2 Å². The number of fused-ring (bicyclic) bond motifs is 1. The number of anilines is 1. The van der Waals surface area contributed by atoms with Gasteiger partial charge in [-0.15, -0.1) is 0 Å². The Labute approximate surface area is 179 Å². The Balaban J connectivity index is 1.52. The normalized spacial score (nSPS) is 17.9. The van der Waals surface area contributed by atoms with Crippen LogP contribution in [-0.2, 0) is 0 Å². The molecule has 1 N–H and O–H groups in total. The zero-order chi connectivity index (χ0) is 19.5. The van der Waals surface area contributed by atoms with E-state index in [4.69, 9.17) is 16.6 Å². The van der Waals surface area contributed by atoms with E-state index in [0.717, 1.165) is 46.8 Å².